The van der Waals surface area contributed by atoms with Gasteiger partial charge in [-0.2, -0.15) is 0 Å². The third-order valence-electron chi connectivity index (χ3n) is 2.55. The summed E-state index contributed by atoms with van der Waals surface area (Å²) >= 11 is 0. The second-order valence-corrected chi connectivity index (χ2v) is 3.95. The number of anilines is 1. The van der Waals surface area contributed by atoms with Gasteiger partial charge < -0.3 is 10.6 Å². The molecule has 0 aliphatic rings. The fraction of sp³-hybridized carbons (Fsp3) is 0.462. The quantitative estimate of drug-likeness (QED) is 0.547. The fourth-order valence-electron chi connectivity index (χ4n) is 1.61. The predicted octanol–water partition coefficient (Wildman–Crippen LogP) is 2.62. The average Bonchev–Trinajstić information content (AvgIpc) is 2.30. The molecular formula is C13H21N3. The van der Waals surface area contributed by atoms with Gasteiger partial charge in [-0.05, 0) is 18.6 Å². The Morgan fingerprint density at radius 1 is 1.25 bits per heavy atom. The molecule has 0 radical (unpaired) electrons. The van der Waals surface area contributed by atoms with Crippen LogP contribution in [0.1, 0.15) is 26.2 Å². The number of nitrogens with two attached hydrogens (primary N) is 1. The van der Waals surface area contributed by atoms with Crippen LogP contribution in [0.5, 0.6) is 0 Å². The van der Waals surface area contributed by atoms with Gasteiger partial charge in [0.05, 0.1) is 5.84 Å². The van der Waals surface area contributed by atoms with Crippen molar-refractivity contribution in [3.63, 3.8) is 0 Å². The number of amidine groups is 1. The summed E-state index contributed by atoms with van der Waals surface area (Å²) in [6.45, 7) is 4.06. The highest BCUT2D eigenvalue weighted by atomic mass is 15.1. The molecule has 3 heteroatoms. The van der Waals surface area contributed by atoms with Crippen molar-refractivity contribution in [3.05, 3.63) is 30.3 Å². The zero-order valence-corrected chi connectivity index (χ0v) is 9.95. The van der Waals surface area contributed by atoms with Crippen molar-refractivity contribution in [1.29, 1.82) is 5.41 Å². The molecule has 0 aliphatic carbocycles. The molecule has 0 bridgehead atoms. The molecule has 1 aromatic carbocycles. The topological polar surface area (TPSA) is 53.1 Å². The van der Waals surface area contributed by atoms with Crippen LogP contribution in [-0.4, -0.2) is 18.9 Å². The molecule has 0 amide bonds. The molecular weight excluding hydrogens is 198 g/mol. The fourth-order valence-corrected chi connectivity index (χ4v) is 1.61. The Labute approximate surface area is 97.8 Å². The van der Waals surface area contributed by atoms with Crippen molar-refractivity contribution < 1.29 is 0 Å². The number of hydrogen-bond acceptors (Lipinski definition) is 2. The average molecular weight is 219 g/mol. The van der Waals surface area contributed by atoms with Crippen LogP contribution < -0.4 is 10.6 Å². The van der Waals surface area contributed by atoms with Crippen LogP contribution in [0, 0.1) is 5.41 Å². The van der Waals surface area contributed by atoms with Gasteiger partial charge >= 0.3 is 0 Å². The lowest BCUT2D eigenvalue weighted by Crippen LogP contribution is -2.28. The Balaban J connectivity index is 2.59. The van der Waals surface area contributed by atoms with E-state index in [0.29, 0.717) is 6.42 Å². The lowest BCUT2D eigenvalue weighted by molar-refractivity contribution is 0.720. The number of rotatable bonds is 7. The van der Waals surface area contributed by atoms with E-state index < -0.39 is 0 Å². The van der Waals surface area contributed by atoms with E-state index in [0.717, 1.165) is 13.1 Å². The van der Waals surface area contributed by atoms with Gasteiger partial charge in [-0.1, -0.05) is 31.5 Å². The van der Waals surface area contributed by atoms with E-state index in [4.69, 9.17) is 11.1 Å². The number of nitrogens with zero attached hydrogens (tertiary/aromatic N) is 1. The van der Waals surface area contributed by atoms with Crippen molar-refractivity contribution in [2.75, 3.05) is 18.0 Å². The van der Waals surface area contributed by atoms with E-state index in [1.807, 2.05) is 18.2 Å². The third-order valence-corrected chi connectivity index (χ3v) is 2.55. The first-order valence-corrected chi connectivity index (χ1v) is 5.87. The van der Waals surface area contributed by atoms with E-state index in [2.05, 4.69) is 24.0 Å². The normalized spacial score (nSPS) is 10.1. The van der Waals surface area contributed by atoms with Crippen LogP contribution in [0.3, 0.4) is 0 Å². The Bertz CT molecular complexity index is 308. The smallest absolute Gasteiger partial charge is 0.0923 e. The summed E-state index contributed by atoms with van der Waals surface area (Å²) in [5, 5.41) is 7.28. The number of para-hydroxylation sites is 1. The molecule has 1 rings (SSSR count). The largest absolute Gasteiger partial charge is 0.388 e. The summed E-state index contributed by atoms with van der Waals surface area (Å²) in [6.07, 6.45) is 2.99. The van der Waals surface area contributed by atoms with Gasteiger partial charge in [-0.15, -0.1) is 0 Å². The third kappa shape index (κ3) is 4.34. The van der Waals surface area contributed by atoms with Crippen LogP contribution in [0.2, 0.25) is 0 Å². The predicted molar refractivity (Wildman–Crippen MR) is 70.1 cm³/mol. The number of benzene rings is 1. The van der Waals surface area contributed by atoms with E-state index in [9.17, 15) is 0 Å². The molecule has 3 nitrogen and oxygen atoms in total. The van der Waals surface area contributed by atoms with E-state index in [1.165, 1.54) is 18.5 Å². The molecule has 0 atom stereocenters. The molecule has 0 heterocycles. The van der Waals surface area contributed by atoms with Crippen molar-refractivity contribution in [3.8, 4) is 0 Å². The van der Waals surface area contributed by atoms with Crippen molar-refractivity contribution in [2.24, 2.45) is 5.73 Å². The Morgan fingerprint density at radius 2 is 1.94 bits per heavy atom. The SMILES string of the molecule is CCCCN(CCC(=N)N)c1ccccc1. The zero-order chi connectivity index (χ0) is 11.8. The Morgan fingerprint density at radius 3 is 2.50 bits per heavy atom. The maximum atomic E-state index is 7.28. The molecule has 0 fully saturated rings. The molecule has 0 spiro atoms. The molecule has 1 aromatic rings. The first-order chi connectivity index (χ1) is 7.74. The standard InChI is InChI=1S/C13H21N3/c1-2-3-10-16(11-9-13(14)15)12-7-5-4-6-8-12/h4-8H,2-3,9-11H2,1H3,(H3,14,15). The van der Waals surface area contributed by atoms with Crippen LogP contribution in [0.4, 0.5) is 5.69 Å². The summed E-state index contributed by atoms with van der Waals surface area (Å²) in [5.41, 5.74) is 6.62. The van der Waals surface area contributed by atoms with Gasteiger partial charge in [0.25, 0.3) is 0 Å². The minimum atomic E-state index is 0.262. The highest BCUT2D eigenvalue weighted by Crippen LogP contribution is 2.14. The van der Waals surface area contributed by atoms with Crippen molar-refractivity contribution >= 4 is 11.5 Å². The van der Waals surface area contributed by atoms with E-state index >= 15 is 0 Å². The minimum absolute atomic E-state index is 0.262. The maximum absolute atomic E-state index is 7.28. The summed E-state index contributed by atoms with van der Waals surface area (Å²) in [7, 11) is 0. The van der Waals surface area contributed by atoms with Gasteiger partial charge in [-0.3, -0.25) is 5.41 Å². The number of nitrogens with one attached hydrogen (secondary N) is 1. The van der Waals surface area contributed by atoms with Crippen LogP contribution in [0.15, 0.2) is 30.3 Å². The van der Waals surface area contributed by atoms with Crippen LogP contribution in [-0.2, 0) is 0 Å². The van der Waals surface area contributed by atoms with Gasteiger partial charge in [-0.25, -0.2) is 0 Å². The molecule has 88 valence electrons. The van der Waals surface area contributed by atoms with Crippen molar-refractivity contribution in [2.45, 2.75) is 26.2 Å². The van der Waals surface area contributed by atoms with Gasteiger partial charge in [0.15, 0.2) is 0 Å². The Hall–Kier alpha value is -1.51. The summed E-state index contributed by atoms with van der Waals surface area (Å²) in [5.74, 6) is 0.262. The summed E-state index contributed by atoms with van der Waals surface area (Å²) < 4.78 is 0. The van der Waals surface area contributed by atoms with E-state index in [1.54, 1.807) is 0 Å². The second kappa shape index (κ2) is 6.88. The monoisotopic (exact) mass is 219 g/mol. The lowest BCUT2D eigenvalue weighted by atomic mass is 10.2. The molecule has 0 aliphatic heterocycles. The first kappa shape index (κ1) is 12.6. The van der Waals surface area contributed by atoms with Gasteiger partial charge in [0.1, 0.15) is 0 Å². The molecule has 0 saturated carbocycles. The number of hydrogen-bond donors (Lipinski definition) is 2. The summed E-state index contributed by atoms with van der Waals surface area (Å²) in [4.78, 5) is 2.30. The molecule has 16 heavy (non-hydrogen) atoms. The first-order valence-electron chi connectivity index (χ1n) is 5.87. The van der Waals surface area contributed by atoms with Crippen LogP contribution in [0.25, 0.3) is 0 Å². The van der Waals surface area contributed by atoms with Crippen molar-refractivity contribution in [1.82, 2.24) is 0 Å². The van der Waals surface area contributed by atoms with Gasteiger partial charge in [0.2, 0.25) is 0 Å². The molecule has 0 aromatic heterocycles. The molecule has 0 unspecified atom stereocenters. The van der Waals surface area contributed by atoms with E-state index in [-0.39, 0.29) is 5.84 Å². The zero-order valence-electron chi connectivity index (χ0n) is 9.95. The highest BCUT2D eigenvalue weighted by Gasteiger charge is 2.05. The lowest BCUT2D eigenvalue weighted by Gasteiger charge is -2.24. The highest BCUT2D eigenvalue weighted by molar-refractivity contribution is 5.77. The molecule has 0 saturated heterocycles. The number of unbranched alkanes of at least 4 members (excludes halogenated alkanes) is 1. The van der Waals surface area contributed by atoms with Crippen LogP contribution >= 0.6 is 0 Å². The minimum Gasteiger partial charge on any atom is -0.388 e. The Kier molecular flexibility index (Phi) is 5.40. The second-order valence-electron chi connectivity index (χ2n) is 3.95. The maximum Gasteiger partial charge on any atom is 0.0923 e. The summed E-state index contributed by atoms with van der Waals surface area (Å²) in [6, 6.07) is 10.3. The van der Waals surface area contributed by atoms with Gasteiger partial charge in [0, 0.05) is 25.2 Å². The molecule has 3 N–H and O–H groups in total.